The average Bonchev–Trinajstić information content (AvgIpc) is 3.17. The van der Waals surface area contributed by atoms with Crippen molar-refractivity contribution >= 4 is 27.5 Å². The smallest absolute Gasteiger partial charge is 0.230 e. The number of benzene rings is 1. The van der Waals surface area contributed by atoms with Gasteiger partial charge in [0.25, 0.3) is 0 Å². The van der Waals surface area contributed by atoms with Gasteiger partial charge in [0.1, 0.15) is 0 Å². The monoisotopic (exact) mass is 428 g/mol. The largest absolute Gasteiger partial charge is 0.376 e. The van der Waals surface area contributed by atoms with Crippen LogP contribution in [0.4, 0.5) is 0 Å². The summed E-state index contributed by atoms with van der Waals surface area (Å²) in [5.41, 5.74) is -0.0471. The van der Waals surface area contributed by atoms with E-state index >= 15 is 0 Å². The molecule has 8 heteroatoms. The molecule has 1 amide bonds. The summed E-state index contributed by atoms with van der Waals surface area (Å²) in [4.78, 5) is 13.3. The minimum atomic E-state index is -3.20. The number of carbonyl (C=O) groups excluding carboxylic acids is 1. The highest BCUT2D eigenvalue weighted by Crippen LogP contribution is 2.42. The van der Waals surface area contributed by atoms with Gasteiger partial charge in [-0.2, -0.15) is 0 Å². The number of carbonyl (C=O) groups is 1. The first-order valence-electron chi connectivity index (χ1n) is 9.75. The topological polar surface area (TPSA) is 75.7 Å². The Hall–Kier alpha value is -1.15. The molecule has 156 valence electrons. The zero-order chi connectivity index (χ0) is 20.4. The van der Waals surface area contributed by atoms with E-state index in [4.69, 9.17) is 16.3 Å². The van der Waals surface area contributed by atoms with Crippen LogP contribution in [-0.2, 0) is 25.0 Å². The van der Waals surface area contributed by atoms with Crippen LogP contribution in [0.2, 0.25) is 5.02 Å². The van der Waals surface area contributed by atoms with Crippen LogP contribution in [0.5, 0.6) is 0 Å². The molecule has 1 aliphatic carbocycles. The Morgan fingerprint density at radius 3 is 2.21 bits per heavy atom. The van der Waals surface area contributed by atoms with E-state index in [1.165, 1.54) is 10.6 Å². The first-order chi connectivity index (χ1) is 13.2. The van der Waals surface area contributed by atoms with Gasteiger partial charge >= 0.3 is 0 Å². The van der Waals surface area contributed by atoms with Gasteiger partial charge in [0.2, 0.25) is 15.9 Å². The van der Waals surface area contributed by atoms with Crippen LogP contribution in [0, 0.1) is 0 Å². The van der Waals surface area contributed by atoms with Crippen LogP contribution < -0.4 is 5.32 Å². The van der Waals surface area contributed by atoms with Crippen LogP contribution >= 0.6 is 11.6 Å². The van der Waals surface area contributed by atoms with Crippen LogP contribution in [0.15, 0.2) is 24.3 Å². The van der Waals surface area contributed by atoms with Gasteiger partial charge in [-0.1, -0.05) is 36.6 Å². The Bertz CT molecular complexity index is 796. The molecule has 1 N–H and O–H groups in total. The Balaban J connectivity index is 1.70. The minimum absolute atomic E-state index is 0.0225. The van der Waals surface area contributed by atoms with Gasteiger partial charge in [-0.25, -0.2) is 12.7 Å². The predicted molar refractivity (Wildman–Crippen MR) is 110 cm³/mol. The fourth-order valence-electron chi connectivity index (χ4n) is 4.48. The molecule has 28 heavy (non-hydrogen) atoms. The summed E-state index contributed by atoms with van der Waals surface area (Å²) < 4.78 is 30.7. The van der Waals surface area contributed by atoms with E-state index < -0.39 is 21.0 Å². The third-order valence-electron chi connectivity index (χ3n) is 6.40. The molecule has 2 fully saturated rings. The second kappa shape index (κ2) is 8.30. The van der Waals surface area contributed by atoms with Crippen LogP contribution in [-0.4, -0.2) is 57.2 Å². The quantitative estimate of drug-likeness (QED) is 0.755. The van der Waals surface area contributed by atoms with Crippen molar-refractivity contribution in [1.82, 2.24) is 9.62 Å². The average molecular weight is 429 g/mol. The summed E-state index contributed by atoms with van der Waals surface area (Å²) in [6.45, 7) is 1.20. The lowest BCUT2D eigenvalue weighted by atomic mass is 9.77. The molecule has 2 aliphatic rings. The molecule has 1 heterocycles. The number of sulfonamides is 1. The fourth-order valence-corrected chi connectivity index (χ4v) is 5.46. The number of halogens is 1. The molecule has 1 aromatic rings. The lowest BCUT2D eigenvalue weighted by molar-refractivity contribution is -0.129. The van der Waals surface area contributed by atoms with Crippen molar-refractivity contribution < 1.29 is 17.9 Å². The molecule has 0 radical (unpaired) electrons. The highest BCUT2D eigenvalue weighted by molar-refractivity contribution is 7.88. The van der Waals surface area contributed by atoms with Crippen molar-refractivity contribution in [1.29, 1.82) is 0 Å². The van der Waals surface area contributed by atoms with Crippen LogP contribution in [0.1, 0.15) is 44.1 Å². The molecule has 1 aliphatic heterocycles. The van der Waals surface area contributed by atoms with Gasteiger partial charge < -0.3 is 10.1 Å². The number of methoxy groups -OCH3 is 1. The summed E-state index contributed by atoms with van der Waals surface area (Å²) in [7, 11) is -1.57. The van der Waals surface area contributed by atoms with E-state index in [0.717, 1.165) is 31.2 Å². The standard InChI is InChI=1S/C20H29ClN2O4S/c1-27-19(11-13-23(14-12-19)28(2,25)26)15-22-18(24)20(9-3-4-10-20)16-5-7-17(21)8-6-16/h5-8H,3-4,9-15H2,1-2H3,(H,22,24). The second-order valence-electron chi connectivity index (χ2n) is 8.03. The highest BCUT2D eigenvalue weighted by Gasteiger charge is 2.44. The SMILES string of the molecule is COC1(CNC(=O)C2(c3ccc(Cl)cc3)CCCC2)CCN(S(C)(=O)=O)CC1. The Labute approximate surface area is 172 Å². The number of hydrogen-bond acceptors (Lipinski definition) is 4. The van der Waals surface area contributed by atoms with Gasteiger partial charge in [-0.05, 0) is 43.4 Å². The van der Waals surface area contributed by atoms with Crippen molar-refractivity contribution in [3.63, 3.8) is 0 Å². The highest BCUT2D eigenvalue weighted by atomic mass is 35.5. The first-order valence-corrected chi connectivity index (χ1v) is 12.0. The third-order valence-corrected chi connectivity index (χ3v) is 7.95. The number of nitrogens with zero attached hydrogens (tertiary/aromatic N) is 1. The Morgan fingerprint density at radius 2 is 1.71 bits per heavy atom. The Kier molecular flexibility index (Phi) is 6.39. The number of nitrogens with one attached hydrogen (secondary N) is 1. The zero-order valence-electron chi connectivity index (χ0n) is 16.5. The van der Waals surface area contributed by atoms with Crippen molar-refractivity contribution in [2.75, 3.05) is 33.0 Å². The maximum atomic E-state index is 13.3. The van der Waals surface area contributed by atoms with Gasteiger partial charge in [-0.3, -0.25) is 4.79 Å². The van der Waals surface area contributed by atoms with Crippen molar-refractivity contribution in [2.24, 2.45) is 0 Å². The molecular weight excluding hydrogens is 400 g/mol. The van der Waals surface area contributed by atoms with E-state index in [9.17, 15) is 13.2 Å². The van der Waals surface area contributed by atoms with Gasteiger partial charge in [0.15, 0.2) is 0 Å². The maximum absolute atomic E-state index is 13.3. The summed E-state index contributed by atoms with van der Waals surface area (Å²) >= 11 is 6.02. The van der Waals surface area contributed by atoms with E-state index in [1.807, 2.05) is 24.3 Å². The molecule has 1 aromatic carbocycles. The summed E-state index contributed by atoms with van der Waals surface area (Å²) in [5.74, 6) is 0.0225. The molecule has 0 bridgehead atoms. The van der Waals surface area contributed by atoms with E-state index in [-0.39, 0.29) is 5.91 Å². The number of ether oxygens (including phenoxy) is 1. The van der Waals surface area contributed by atoms with Crippen LogP contribution in [0.3, 0.4) is 0 Å². The Morgan fingerprint density at radius 1 is 1.14 bits per heavy atom. The van der Waals surface area contributed by atoms with E-state index in [1.54, 1.807) is 7.11 Å². The lowest BCUT2D eigenvalue weighted by Crippen LogP contribution is -2.55. The molecule has 0 atom stereocenters. The number of rotatable bonds is 6. The van der Waals surface area contributed by atoms with Crippen molar-refractivity contribution in [2.45, 2.75) is 49.5 Å². The molecular formula is C20H29ClN2O4S. The molecule has 0 unspecified atom stereocenters. The van der Waals surface area contributed by atoms with Gasteiger partial charge in [-0.15, -0.1) is 0 Å². The number of hydrogen-bond donors (Lipinski definition) is 1. The molecule has 6 nitrogen and oxygen atoms in total. The molecule has 3 rings (SSSR count). The van der Waals surface area contributed by atoms with E-state index in [0.29, 0.717) is 37.5 Å². The molecule has 0 aromatic heterocycles. The first kappa shape index (κ1) is 21.6. The van der Waals surface area contributed by atoms with Crippen molar-refractivity contribution in [3.05, 3.63) is 34.9 Å². The molecule has 1 saturated heterocycles. The lowest BCUT2D eigenvalue weighted by Gasteiger charge is -2.40. The number of piperidine rings is 1. The van der Waals surface area contributed by atoms with E-state index in [2.05, 4.69) is 5.32 Å². The summed E-state index contributed by atoms with van der Waals surface area (Å²) in [6, 6.07) is 7.57. The van der Waals surface area contributed by atoms with Gasteiger partial charge in [0, 0.05) is 31.8 Å². The van der Waals surface area contributed by atoms with Gasteiger partial charge in [0.05, 0.1) is 17.3 Å². The zero-order valence-corrected chi connectivity index (χ0v) is 18.1. The summed E-state index contributed by atoms with van der Waals surface area (Å²) in [5, 5.41) is 3.79. The molecule has 1 saturated carbocycles. The van der Waals surface area contributed by atoms with Crippen molar-refractivity contribution in [3.8, 4) is 0 Å². The predicted octanol–water partition coefficient (Wildman–Crippen LogP) is 2.71. The second-order valence-corrected chi connectivity index (χ2v) is 10.4. The van der Waals surface area contributed by atoms with Crippen LogP contribution in [0.25, 0.3) is 0 Å². The third kappa shape index (κ3) is 4.37. The fraction of sp³-hybridized carbons (Fsp3) is 0.650. The maximum Gasteiger partial charge on any atom is 0.230 e. The molecule has 0 spiro atoms. The number of amides is 1. The summed E-state index contributed by atoms with van der Waals surface area (Å²) in [6.07, 6.45) is 6.04. The minimum Gasteiger partial charge on any atom is -0.376 e. The normalized spacial score (nSPS) is 22.1.